The summed E-state index contributed by atoms with van der Waals surface area (Å²) in [5, 5.41) is 0. The topological polar surface area (TPSA) is 56.4 Å². The SMILES string of the molecule is CCCCCCCC1=Nc2c(c(=O)n(C)c(=O)n2C)C1. The Kier molecular flexibility index (Phi) is 4.57. The van der Waals surface area contributed by atoms with Gasteiger partial charge >= 0.3 is 5.69 Å². The van der Waals surface area contributed by atoms with Crippen LogP contribution in [0.4, 0.5) is 5.82 Å². The molecule has 5 heteroatoms. The molecule has 2 heterocycles. The van der Waals surface area contributed by atoms with Crippen LogP contribution in [0.2, 0.25) is 0 Å². The summed E-state index contributed by atoms with van der Waals surface area (Å²) < 4.78 is 2.64. The number of nitrogens with zero attached hydrogens (tertiary/aromatic N) is 3. The normalized spacial score (nSPS) is 13.4. The van der Waals surface area contributed by atoms with Crippen molar-refractivity contribution in [3.8, 4) is 0 Å². The molecule has 0 fully saturated rings. The number of aromatic nitrogens is 2. The highest BCUT2D eigenvalue weighted by Crippen LogP contribution is 2.23. The Morgan fingerprint density at radius 1 is 1.05 bits per heavy atom. The molecule has 1 aliphatic heterocycles. The first kappa shape index (κ1) is 14.8. The van der Waals surface area contributed by atoms with Crippen molar-refractivity contribution in [2.45, 2.75) is 51.9 Å². The smallest absolute Gasteiger partial charge is 0.281 e. The van der Waals surface area contributed by atoms with E-state index >= 15 is 0 Å². The van der Waals surface area contributed by atoms with E-state index in [1.165, 1.54) is 41.9 Å². The van der Waals surface area contributed by atoms with Gasteiger partial charge < -0.3 is 0 Å². The minimum absolute atomic E-state index is 0.201. The predicted octanol–water partition coefficient (Wildman–Crippen LogP) is 2.07. The van der Waals surface area contributed by atoms with Crippen LogP contribution in [0.5, 0.6) is 0 Å². The van der Waals surface area contributed by atoms with Crippen LogP contribution in [-0.2, 0) is 20.5 Å². The Morgan fingerprint density at radius 2 is 1.75 bits per heavy atom. The van der Waals surface area contributed by atoms with Crippen LogP contribution < -0.4 is 11.2 Å². The number of hydrogen-bond acceptors (Lipinski definition) is 3. The minimum atomic E-state index is -0.304. The van der Waals surface area contributed by atoms with E-state index in [4.69, 9.17) is 0 Å². The van der Waals surface area contributed by atoms with Gasteiger partial charge in [-0.15, -0.1) is 0 Å². The minimum Gasteiger partial charge on any atom is -0.281 e. The monoisotopic (exact) mass is 277 g/mol. The maximum absolute atomic E-state index is 12.1. The third-order valence-electron chi connectivity index (χ3n) is 3.94. The first-order chi connectivity index (χ1) is 9.56. The van der Waals surface area contributed by atoms with Gasteiger partial charge in [-0.25, -0.2) is 9.79 Å². The Labute approximate surface area is 119 Å². The van der Waals surface area contributed by atoms with Crippen LogP contribution in [-0.4, -0.2) is 14.8 Å². The fourth-order valence-corrected chi connectivity index (χ4v) is 2.67. The molecular weight excluding hydrogens is 254 g/mol. The van der Waals surface area contributed by atoms with Crippen molar-refractivity contribution in [1.82, 2.24) is 9.13 Å². The number of aliphatic imine (C=N–C) groups is 1. The molecule has 1 aromatic heterocycles. The lowest BCUT2D eigenvalue weighted by Gasteiger charge is -2.05. The summed E-state index contributed by atoms with van der Waals surface area (Å²) in [5.74, 6) is 0.557. The molecular formula is C15H23N3O2. The first-order valence-corrected chi connectivity index (χ1v) is 7.41. The zero-order valence-electron chi connectivity index (χ0n) is 12.6. The summed E-state index contributed by atoms with van der Waals surface area (Å²) in [7, 11) is 3.20. The van der Waals surface area contributed by atoms with Crippen molar-refractivity contribution in [2.75, 3.05) is 0 Å². The average molecular weight is 277 g/mol. The van der Waals surface area contributed by atoms with Crippen molar-refractivity contribution in [3.63, 3.8) is 0 Å². The molecule has 2 rings (SSSR count). The van der Waals surface area contributed by atoms with Crippen molar-refractivity contribution in [1.29, 1.82) is 0 Å². The summed E-state index contributed by atoms with van der Waals surface area (Å²) in [4.78, 5) is 28.4. The highest BCUT2D eigenvalue weighted by atomic mass is 16.2. The van der Waals surface area contributed by atoms with Gasteiger partial charge in [0.25, 0.3) is 5.56 Å². The molecule has 0 radical (unpaired) electrons. The molecule has 20 heavy (non-hydrogen) atoms. The molecule has 0 saturated carbocycles. The highest BCUT2D eigenvalue weighted by Gasteiger charge is 2.22. The molecule has 1 aliphatic rings. The highest BCUT2D eigenvalue weighted by molar-refractivity contribution is 5.93. The number of hydrogen-bond donors (Lipinski definition) is 0. The van der Waals surface area contributed by atoms with Crippen molar-refractivity contribution in [3.05, 3.63) is 26.4 Å². The van der Waals surface area contributed by atoms with Gasteiger partial charge in [0.15, 0.2) is 0 Å². The molecule has 0 aromatic carbocycles. The summed E-state index contributed by atoms with van der Waals surface area (Å²) in [5.41, 5.74) is 1.20. The van der Waals surface area contributed by atoms with E-state index in [2.05, 4.69) is 11.9 Å². The molecule has 0 atom stereocenters. The second-order valence-electron chi connectivity index (χ2n) is 5.53. The predicted molar refractivity (Wildman–Crippen MR) is 81.1 cm³/mol. The van der Waals surface area contributed by atoms with E-state index in [-0.39, 0.29) is 11.2 Å². The van der Waals surface area contributed by atoms with Crippen molar-refractivity contribution in [2.24, 2.45) is 19.1 Å². The van der Waals surface area contributed by atoms with Gasteiger partial charge in [0.2, 0.25) is 0 Å². The van der Waals surface area contributed by atoms with Crippen LogP contribution >= 0.6 is 0 Å². The molecule has 0 bridgehead atoms. The second kappa shape index (κ2) is 6.20. The van der Waals surface area contributed by atoms with Crippen LogP contribution in [0.1, 0.15) is 51.0 Å². The van der Waals surface area contributed by atoms with Gasteiger partial charge in [0.05, 0.1) is 5.56 Å². The lowest BCUT2D eigenvalue weighted by molar-refractivity contribution is 0.642. The van der Waals surface area contributed by atoms with E-state index in [1.54, 1.807) is 7.05 Å². The molecule has 1 aromatic rings. The molecule has 110 valence electrons. The molecule has 5 nitrogen and oxygen atoms in total. The quantitative estimate of drug-likeness (QED) is 0.747. The van der Waals surface area contributed by atoms with Gasteiger partial charge in [-0.1, -0.05) is 32.6 Å². The third kappa shape index (κ3) is 2.76. The molecule has 0 N–H and O–H groups in total. The standard InChI is InChI=1S/C15H23N3O2/c1-4-5-6-7-8-9-11-10-12-13(16-11)17(2)15(20)18(3)14(12)19/h4-10H2,1-3H3. The fourth-order valence-electron chi connectivity index (χ4n) is 2.67. The van der Waals surface area contributed by atoms with Crippen molar-refractivity contribution >= 4 is 11.5 Å². The molecule has 0 amide bonds. The lowest BCUT2D eigenvalue weighted by Crippen LogP contribution is -2.38. The summed E-state index contributed by atoms with van der Waals surface area (Å²) in [6.45, 7) is 2.20. The van der Waals surface area contributed by atoms with Gasteiger partial charge in [0, 0.05) is 26.2 Å². The number of unbranched alkanes of at least 4 members (excludes halogenated alkanes) is 4. The molecule has 0 saturated heterocycles. The van der Waals surface area contributed by atoms with Gasteiger partial charge in [0.1, 0.15) is 5.82 Å². The Balaban J connectivity index is 2.08. The van der Waals surface area contributed by atoms with E-state index in [0.29, 0.717) is 17.8 Å². The average Bonchev–Trinajstić information content (AvgIpc) is 2.87. The molecule has 0 spiro atoms. The van der Waals surface area contributed by atoms with E-state index in [0.717, 1.165) is 18.6 Å². The van der Waals surface area contributed by atoms with Crippen LogP contribution in [0, 0.1) is 0 Å². The maximum Gasteiger partial charge on any atom is 0.332 e. The molecule has 0 aliphatic carbocycles. The number of rotatable bonds is 6. The Morgan fingerprint density at radius 3 is 2.45 bits per heavy atom. The molecule has 0 unspecified atom stereocenters. The largest absolute Gasteiger partial charge is 0.332 e. The third-order valence-corrected chi connectivity index (χ3v) is 3.94. The zero-order valence-corrected chi connectivity index (χ0v) is 12.6. The Bertz CT molecular complexity index is 638. The fraction of sp³-hybridized carbons (Fsp3) is 0.667. The van der Waals surface area contributed by atoms with E-state index < -0.39 is 0 Å². The maximum atomic E-state index is 12.1. The number of fused-ring (bicyclic) bond motifs is 1. The summed E-state index contributed by atoms with van der Waals surface area (Å²) in [6.07, 6.45) is 7.63. The van der Waals surface area contributed by atoms with Gasteiger partial charge in [-0.05, 0) is 12.8 Å². The summed E-state index contributed by atoms with van der Waals surface area (Å²) >= 11 is 0. The second-order valence-corrected chi connectivity index (χ2v) is 5.53. The van der Waals surface area contributed by atoms with Gasteiger partial charge in [-0.3, -0.25) is 13.9 Å². The lowest BCUT2D eigenvalue weighted by atomic mass is 10.1. The van der Waals surface area contributed by atoms with Crippen molar-refractivity contribution < 1.29 is 0 Å². The van der Waals surface area contributed by atoms with Crippen LogP contribution in [0.3, 0.4) is 0 Å². The van der Waals surface area contributed by atoms with Crippen LogP contribution in [0.15, 0.2) is 14.6 Å². The zero-order chi connectivity index (χ0) is 14.7. The van der Waals surface area contributed by atoms with Crippen LogP contribution in [0.25, 0.3) is 0 Å². The van der Waals surface area contributed by atoms with E-state index in [1.807, 2.05) is 0 Å². The first-order valence-electron chi connectivity index (χ1n) is 7.41. The van der Waals surface area contributed by atoms with Gasteiger partial charge in [-0.2, -0.15) is 0 Å². The Hall–Kier alpha value is -1.65. The summed E-state index contributed by atoms with van der Waals surface area (Å²) in [6, 6.07) is 0. The van der Waals surface area contributed by atoms with E-state index in [9.17, 15) is 9.59 Å².